The van der Waals surface area contributed by atoms with Crippen LogP contribution in [-0.4, -0.2) is 34.0 Å². The van der Waals surface area contributed by atoms with Gasteiger partial charge in [-0.2, -0.15) is 0 Å². The van der Waals surface area contributed by atoms with Crippen LogP contribution in [0.3, 0.4) is 0 Å². The molecule has 0 saturated carbocycles. The molecule has 102 valence electrons. The number of carbonyl (C=O) groups is 1. The lowest BCUT2D eigenvalue weighted by Crippen LogP contribution is -2.29. The van der Waals surface area contributed by atoms with Crippen molar-refractivity contribution >= 4 is 27.6 Å². The fourth-order valence-corrected chi connectivity index (χ4v) is 2.16. The third-order valence-electron chi connectivity index (χ3n) is 2.40. The lowest BCUT2D eigenvalue weighted by molar-refractivity contribution is -0.385. The van der Waals surface area contributed by atoms with Gasteiger partial charge >= 0.3 is 5.97 Å². The maximum absolute atomic E-state index is 10.8. The van der Waals surface area contributed by atoms with Crippen molar-refractivity contribution in [3.05, 3.63) is 51.0 Å². The van der Waals surface area contributed by atoms with Gasteiger partial charge in [0.1, 0.15) is 0 Å². The Bertz CT molecular complexity index is 505. The second-order valence-corrected chi connectivity index (χ2v) is 4.65. The van der Waals surface area contributed by atoms with E-state index in [1.807, 2.05) is 0 Å². The normalized spacial score (nSPS) is 10.4. The Morgan fingerprint density at radius 3 is 2.79 bits per heavy atom. The molecule has 0 aromatic heterocycles. The molecule has 0 atom stereocenters. The van der Waals surface area contributed by atoms with Gasteiger partial charge in [0, 0.05) is 19.2 Å². The Kier molecular flexibility index (Phi) is 5.65. The third kappa shape index (κ3) is 4.46. The molecule has 6 nitrogen and oxygen atoms in total. The minimum atomic E-state index is -0.955. The lowest BCUT2D eigenvalue weighted by atomic mass is 10.2. The molecule has 7 heteroatoms. The van der Waals surface area contributed by atoms with Crippen LogP contribution in [-0.2, 0) is 11.3 Å². The molecule has 0 amide bonds. The van der Waals surface area contributed by atoms with Crippen molar-refractivity contribution in [2.45, 2.75) is 6.54 Å². The first kappa shape index (κ1) is 15.3. The van der Waals surface area contributed by atoms with Crippen molar-refractivity contribution in [1.29, 1.82) is 0 Å². The third-order valence-corrected chi connectivity index (χ3v) is 3.31. The number of nitro benzene ring substituents is 1. The lowest BCUT2D eigenvalue weighted by Gasteiger charge is -2.18. The molecule has 0 aliphatic rings. The maximum Gasteiger partial charge on any atom is 0.317 e. The van der Waals surface area contributed by atoms with Crippen molar-refractivity contribution in [3.63, 3.8) is 0 Å². The van der Waals surface area contributed by atoms with E-state index in [0.29, 0.717) is 23.1 Å². The topological polar surface area (TPSA) is 83.7 Å². The van der Waals surface area contributed by atoms with Gasteiger partial charge in [0.15, 0.2) is 0 Å². The number of carboxylic acid groups (broad SMARTS) is 1. The van der Waals surface area contributed by atoms with Crippen molar-refractivity contribution in [2.75, 3.05) is 13.1 Å². The molecule has 0 fully saturated rings. The Labute approximate surface area is 118 Å². The molecule has 19 heavy (non-hydrogen) atoms. The van der Waals surface area contributed by atoms with Gasteiger partial charge in [-0.15, -0.1) is 6.58 Å². The second-order valence-electron chi connectivity index (χ2n) is 3.86. The number of nitrogens with zero attached hydrogens (tertiary/aromatic N) is 2. The highest BCUT2D eigenvalue weighted by Gasteiger charge is 2.17. The van der Waals surface area contributed by atoms with Gasteiger partial charge in [-0.05, 0) is 21.5 Å². The van der Waals surface area contributed by atoms with Crippen molar-refractivity contribution < 1.29 is 14.8 Å². The summed E-state index contributed by atoms with van der Waals surface area (Å²) < 4.78 is 0.374. The number of aliphatic carboxylic acids is 1. The van der Waals surface area contributed by atoms with E-state index in [9.17, 15) is 14.9 Å². The predicted octanol–water partition coefficient (Wildman–Crippen LogP) is 2.43. The summed E-state index contributed by atoms with van der Waals surface area (Å²) in [6.07, 6.45) is 1.59. The van der Waals surface area contributed by atoms with Crippen molar-refractivity contribution in [2.24, 2.45) is 0 Å². The summed E-state index contributed by atoms with van der Waals surface area (Å²) in [5.74, 6) is -0.955. The zero-order valence-electron chi connectivity index (χ0n) is 10.1. The van der Waals surface area contributed by atoms with Crippen LogP contribution in [0, 0.1) is 10.1 Å². The fourth-order valence-electron chi connectivity index (χ4n) is 1.63. The summed E-state index contributed by atoms with van der Waals surface area (Å²) in [5, 5.41) is 19.6. The van der Waals surface area contributed by atoms with Crippen LogP contribution >= 0.6 is 15.9 Å². The smallest absolute Gasteiger partial charge is 0.317 e. The van der Waals surface area contributed by atoms with Crippen LogP contribution in [0.4, 0.5) is 5.69 Å². The molecule has 1 N–H and O–H groups in total. The van der Waals surface area contributed by atoms with E-state index in [-0.39, 0.29) is 12.2 Å². The molecule has 1 aromatic carbocycles. The molecular weight excluding hydrogens is 316 g/mol. The highest BCUT2D eigenvalue weighted by atomic mass is 79.9. The van der Waals surface area contributed by atoms with E-state index >= 15 is 0 Å². The summed E-state index contributed by atoms with van der Waals surface area (Å²) in [7, 11) is 0. The zero-order valence-corrected chi connectivity index (χ0v) is 11.7. The minimum absolute atomic E-state index is 0.0358. The molecule has 0 saturated heterocycles. The summed E-state index contributed by atoms with van der Waals surface area (Å²) in [6.45, 7) is 4.09. The number of halogens is 1. The van der Waals surface area contributed by atoms with Crippen LogP contribution in [0.25, 0.3) is 0 Å². The van der Waals surface area contributed by atoms with Crippen LogP contribution in [0.15, 0.2) is 35.3 Å². The van der Waals surface area contributed by atoms with Crippen LogP contribution in [0.1, 0.15) is 5.56 Å². The highest BCUT2D eigenvalue weighted by Crippen LogP contribution is 2.29. The first-order valence-corrected chi connectivity index (χ1v) is 6.21. The Hall–Kier alpha value is -1.73. The molecule has 0 spiro atoms. The fraction of sp³-hybridized carbons (Fsp3) is 0.250. The van der Waals surface area contributed by atoms with Crippen molar-refractivity contribution in [1.82, 2.24) is 4.90 Å². The first-order chi connectivity index (χ1) is 8.95. The molecule has 0 bridgehead atoms. The predicted molar refractivity (Wildman–Crippen MR) is 73.9 cm³/mol. The summed E-state index contributed by atoms with van der Waals surface area (Å²) in [6, 6.07) is 4.68. The van der Waals surface area contributed by atoms with E-state index in [1.165, 1.54) is 6.07 Å². The van der Waals surface area contributed by atoms with E-state index in [2.05, 4.69) is 22.5 Å². The van der Waals surface area contributed by atoms with Crippen LogP contribution in [0.5, 0.6) is 0 Å². The molecule has 0 aliphatic heterocycles. The standard InChI is InChI=1S/C12H13BrN2O4/c1-2-6-14(8-11(16)17)7-9-4-3-5-10(12(9)13)15(18)19/h2-5H,1,6-8H2,(H,16,17). The molecule has 0 radical (unpaired) electrons. The van der Waals surface area contributed by atoms with Crippen LogP contribution < -0.4 is 0 Å². The molecular formula is C12H13BrN2O4. The van der Waals surface area contributed by atoms with E-state index in [0.717, 1.165) is 0 Å². The summed E-state index contributed by atoms with van der Waals surface area (Å²) in [5.41, 5.74) is 0.628. The maximum atomic E-state index is 10.8. The number of rotatable bonds is 7. The van der Waals surface area contributed by atoms with Gasteiger partial charge in [0.25, 0.3) is 5.69 Å². The minimum Gasteiger partial charge on any atom is -0.480 e. The monoisotopic (exact) mass is 328 g/mol. The largest absolute Gasteiger partial charge is 0.480 e. The number of carboxylic acids is 1. The molecule has 1 rings (SSSR count). The molecule has 0 heterocycles. The molecule has 0 aliphatic carbocycles. The Morgan fingerprint density at radius 2 is 2.26 bits per heavy atom. The summed E-state index contributed by atoms with van der Waals surface area (Å²) >= 11 is 3.19. The Morgan fingerprint density at radius 1 is 1.58 bits per heavy atom. The molecule has 0 unspecified atom stereocenters. The van der Waals surface area contributed by atoms with Gasteiger partial charge in [-0.25, -0.2) is 0 Å². The van der Waals surface area contributed by atoms with Gasteiger partial charge in [-0.3, -0.25) is 19.8 Å². The van der Waals surface area contributed by atoms with E-state index in [4.69, 9.17) is 5.11 Å². The average molecular weight is 329 g/mol. The number of nitro groups is 1. The average Bonchev–Trinajstić information content (AvgIpc) is 2.31. The van der Waals surface area contributed by atoms with Crippen molar-refractivity contribution in [3.8, 4) is 0 Å². The van der Waals surface area contributed by atoms with E-state index < -0.39 is 10.9 Å². The second kappa shape index (κ2) is 7.01. The van der Waals surface area contributed by atoms with Gasteiger partial charge in [0.05, 0.1) is 15.9 Å². The number of hydrogen-bond acceptors (Lipinski definition) is 4. The Balaban J connectivity index is 2.96. The zero-order chi connectivity index (χ0) is 14.4. The van der Waals surface area contributed by atoms with E-state index in [1.54, 1.807) is 23.1 Å². The van der Waals surface area contributed by atoms with Gasteiger partial charge in [-0.1, -0.05) is 18.2 Å². The number of hydrogen-bond donors (Lipinski definition) is 1. The first-order valence-electron chi connectivity index (χ1n) is 5.42. The highest BCUT2D eigenvalue weighted by molar-refractivity contribution is 9.10. The summed E-state index contributed by atoms with van der Waals surface area (Å²) in [4.78, 5) is 22.7. The van der Waals surface area contributed by atoms with Gasteiger partial charge in [0.2, 0.25) is 0 Å². The molecule has 1 aromatic rings. The van der Waals surface area contributed by atoms with Crippen LogP contribution in [0.2, 0.25) is 0 Å². The quantitative estimate of drug-likeness (QED) is 0.472. The van der Waals surface area contributed by atoms with Gasteiger partial charge < -0.3 is 5.11 Å². The number of benzene rings is 1. The SMILES string of the molecule is C=CCN(CC(=O)O)Cc1cccc([N+](=O)[O-])c1Br.